The molecule has 0 fully saturated rings. The summed E-state index contributed by atoms with van der Waals surface area (Å²) in [5.41, 5.74) is 0. The molecule has 0 aliphatic rings. The maximum absolute atomic E-state index is 11.2. The number of unbranched alkanes of at least 4 members (excludes halogenated alkanes) is 4. The monoisotopic (exact) mass is 378 g/mol. The van der Waals surface area contributed by atoms with Crippen molar-refractivity contribution in [3.63, 3.8) is 0 Å². The van der Waals surface area contributed by atoms with Crippen molar-refractivity contribution in [1.82, 2.24) is 0 Å². The average Bonchev–Trinajstić information content (AvgIpc) is 2.48. The molecular weight excluding hydrogens is 342 g/mol. The van der Waals surface area contributed by atoms with Gasteiger partial charge in [0.25, 0.3) is 0 Å². The molecule has 0 aromatic heterocycles. The average molecular weight is 379 g/mol. The minimum atomic E-state index is -2.98. The molecule has 0 aliphatic carbocycles. The molecule has 0 aliphatic heterocycles. The Bertz CT molecular complexity index is 282. The predicted octanol–water partition coefficient (Wildman–Crippen LogP) is 4.07. The Kier molecular flexibility index (Phi) is 22.6. The number of rotatable bonds is 12. The third-order valence-corrected chi connectivity index (χ3v) is 7.40. The second kappa shape index (κ2) is 18.0. The fourth-order valence-electron chi connectivity index (χ4n) is 1.82. The van der Waals surface area contributed by atoms with Crippen LogP contribution in [0.2, 0.25) is 0 Å². The molecule has 0 bridgehead atoms. The fourth-order valence-corrected chi connectivity index (χ4v) is 5.46. The Morgan fingerprint density at radius 3 is 0.870 bits per heavy atom. The first kappa shape index (κ1) is 28.9. The quantitative estimate of drug-likeness (QED) is 0.379. The van der Waals surface area contributed by atoms with E-state index in [-0.39, 0.29) is 23.1 Å². The summed E-state index contributed by atoms with van der Waals surface area (Å²) in [7, 11) is -5.95. The van der Waals surface area contributed by atoms with Crippen LogP contribution in [-0.2, 0) is 9.13 Å². The molecule has 0 unspecified atom stereocenters. The van der Waals surface area contributed by atoms with Crippen molar-refractivity contribution in [1.29, 1.82) is 0 Å². The van der Waals surface area contributed by atoms with Gasteiger partial charge in [0.2, 0.25) is 0 Å². The van der Waals surface area contributed by atoms with E-state index in [1.807, 2.05) is 27.7 Å². The fraction of sp³-hybridized carbons (Fsp3) is 1.00. The van der Waals surface area contributed by atoms with E-state index in [1.165, 1.54) is 0 Å². The van der Waals surface area contributed by atoms with E-state index in [0.717, 1.165) is 51.4 Å². The molecule has 23 heavy (non-hydrogen) atoms. The van der Waals surface area contributed by atoms with Gasteiger partial charge in [0.05, 0.1) is 0 Å². The Balaban J connectivity index is -0.000000333. The van der Waals surface area contributed by atoms with Crippen LogP contribution in [0.4, 0.5) is 0 Å². The molecule has 0 heterocycles. The SMILES string of the molecule is CCCCP(=O)([O-])CCCC.CCCCP(=O)([O-])CCCC.[Mg+2]. The largest absolute Gasteiger partial charge is 2.00 e. The molecule has 136 valence electrons. The van der Waals surface area contributed by atoms with Gasteiger partial charge in [0.15, 0.2) is 0 Å². The zero-order valence-electron chi connectivity index (χ0n) is 15.7. The Labute approximate surface area is 160 Å². The molecule has 0 amide bonds. The van der Waals surface area contributed by atoms with Crippen molar-refractivity contribution < 1.29 is 18.9 Å². The van der Waals surface area contributed by atoms with Crippen LogP contribution in [0, 0.1) is 0 Å². The molecule has 0 saturated carbocycles. The van der Waals surface area contributed by atoms with Crippen molar-refractivity contribution in [3.05, 3.63) is 0 Å². The van der Waals surface area contributed by atoms with Crippen LogP contribution in [0.5, 0.6) is 0 Å². The molecule has 0 spiro atoms. The summed E-state index contributed by atoms with van der Waals surface area (Å²) in [5, 5.41) is 0. The van der Waals surface area contributed by atoms with Crippen LogP contribution < -0.4 is 9.79 Å². The summed E-state index contributed by atoms with van der Waals surface area (Å²) in [6.07, 6.45) is 8.80. The summed E-state index contributed by atoms with van der Waals surface area (Å²) in [6, 6.07) is 0. The Morgan fingerprint density at radius 2 is 0.739 bits per heavy atom. The molecular formula is C16H36MgO4P2. The second-order valence-electron chi connectivity index (χ2n) is 5.94. The van der Waals surface area contributed by atoms with Crippen molar-refractivity contribution in [2.45, 2.75) is 79.1 Å². The van der Waals surface area contributed by atoms with E-state index >= 15 is 0 Å². The summed E-state index contributed by atoms with van der Waals surface area (Å²) in [5.74, 6) is 0. The van der Waals surface area contributed by atoms with Gasteiger partial charge in [-0.3, -0.25) is 0 Å². The third-order valence-electron chi connectivity index (χ3n) is 3.41. The van der Waals surface area contributed by atoms with E-state index in [1.54, 1.807) is 0 Å². The molecule has 0 aromatic rings. The molecule has 0 rings (SSSR count). The van der Waals surface area contributed by atoms with Gasteiger partial charge in [-0.2, -0.15) is 0 Å². The predicted molar refractivity (Wildman–Crippen MR) is 100 cm³/mol. The summed E-state index contributed by atoms with van der Waals surface area (Å²) in [6.45, 7) is 8.05. The minimum Gasteiger partial charge on any atom is -0.799 e. The topological polar surface area (TPSA) is 80.3 Å². The second-order valence-corrected chi connectivity index (χ2v) is 11.0. The molecule has 0 N–H and O–H groups in total. The molecule has 0 radical (unpaired) electrons. The summed E-state index contributed by atoms with van der Waals surface area (Å²) < 4.78 is 22.4. The first-order valence-electron chi connectivity index (χ1n) is 8.82. The van der Waals surface area contributed by atoms with Crippen LogP contribution in [-0.4, -0.2) is 47.7 Å². The molecule has 4 nitrogen and oxygen atoms in total. The van der Waals surface area contributed by atoms with Gasteiger partial charge in [-0.1, -0.05) is 53.4 Å². The Morgan fingerprint density at radius 1 is 0.565 bits per heavy atom. The van der Waals surface area contributed by atoms with Crippen LogP contribution in [0.3, 0.4) is 0 Å². The molecule has 0 saturated heterocycles. The first-order chi connectivity index (χ1) is 10.2. The van der Waals surface area contributed by atoms with Gasteiger partial charge in [-0.15, -0.1) is 0 Å². The Hall–Kier alpha value is 1.15. The van der Waals surface area contributed by atoms with Crippen LogP contribution >= 0.6 is 14.7 Å². The van der Waals surface area contributed by atoms with Gasteiger partial charge >= 0.3 is 23.1 Å². The minimum absolute atomic E-state index is 0. The number of hydrogen-bond donors (Lipinski definition) is 0. The van der Waals surface area contributed by atoms with Crippen molar-refractivity contribution >= 4 is 37.8 Å². The smallest absolute Gasteiger partial charge is 0.799 e. The van der Waals surface area contributed by atoms with Crippen molar-refractivity contribution in [2.24, 2.45) is 0 Å². The van der Waals surface area contributed by atoms with E-state index in [0.29, 0.717) is 24.6 Å². The van der Waals surface area contributed by atoms with Gasteiger partial charge in [-0.05, 0) is 50.3 Å². The summed E-state index contributed by atoms with van der Waals surface area (Å²) >= 11 is 0. The van der Waals surface area contributed by atoms with Gasteiger partial charge in [0, 0.05) is 14.7 Å². The standard InChI is InChI=1S/2C8H19O2P.Mg/c2*1-3-5-7-11(9,10)8-6-4-2;/h2*3-8H2,1-2H3,(H,9,10);/q;;+2/p-2. The third kappa shape index (κ3) is 23.1. The van der Waals surface area contributed by atoms with Crippen molar-refractivity contribution in [2.75, 3.05) is 24.6 Å². The molecule has 0 atom stereocenters. The van der Waals surface area contributed by atoms with E-state index in [9.17, 15) is 18.9 Å². The maximum Gasteiger partial charge on any atom is 2.00 e. The summed E-state index contributed by atoms with van der Waals surface area (Å²) in [4.78, 5) is 22.4. The van der Waals surface area contributed by atoms with Crippen LogP contribution in [0.25, 0.3) is 0 Å². The van der Waals surface area contributed by atoms with Crippen LogP contribution in [0.15, 0.2) is 0 Å². The van der Waals surface area contributed by atoms with Crippen molar-refractivity contribution in [3.8, 4) is 0 Å². The van der Waals surface area contributed by atoms with Gasteiger partial charge in [-0.25, -0.2) is 0 Å². The van der Waals surface area contributed by atoms with E-state index in [2.05, 4.69) is 0 Å². The maximum atomic E-state index is 11.2. The first-order valence-corrected chi connectivity index (χ1v) is 12.8. The van der Waals surface area contributed by atoms with Crippen LogP contribution in [0.1, 0.15) is 79.1 Å². The van der Waals surface area contributed by atoms with Gasteiger partial charge in [0.1, 0.15) is 0 Å². The zero-order chi connectivity index (χ0) is 17.5. The van der Waals surface area contributed by atoms with E-state index in [4.69, 9.17) is 0 Å². The normalized spacial score (nSPS) is 11.4. The molecule has 7 heteroatoms. The number of hydrogen-bond acceptors (Lipinski definition) is 4. The van der Waals surface area contributed by atoms with Gasteiger partial charge < -0.3 is 18.9 Å². The molecule has 0 aromatic carbocycles. The van der Waals surface area contributed by atoms with E-state index < -0.39 is 14.7 Å². The zero-order valence-corrected chi connectivity index (χ0v) is 18.9.